The maximum atomic E-state index is 6.09. The topological polar surface area (TPSA) is 37.5 Å². The van der Waals surface area contributed by atoms with Crippen molar-refractivity contribution in [3.63, 3.8) is 0 Å². The zero-order valence-corrected chi connectivity index (χ0v) is 13.9. The van der Waals surface area contributed by atoms with E-state index in [-0.39, 0.29) is 0 Å². The molecule has 0 fully saturated rings. The second-order valence-electron chi connectivity index (χ2n) is 5.95. The molecule has 0 unspecified atom stereocenters. The molecule has 0 radical (unpaired) electrons. The Morgan fingerprint density at radius 3 is 2.32 bits per heavy atom. The van der Waals surface area contributed by atoms with Gasteiger partial charge in [-0.2, -0.15) is 5.10 Å². The second-order valence-corrected chi connectivity index (χ2v) is 5.95. The molecule has 0 saturated carbocycles. The lowest BCUT2D eigenvalue weighted by Gasteiger charge is -2.06. The van der Waals surface area contributed by atoms with E-state index in [1.165, 1.54) is 5.56 Å². The molecule has 3 aromatic carbocycles. The van der Waals surface area contributed by atoms with Gasteiger partial charge in [-0.15, -0.1) is 0 Å². The first-order valence-corrected chi connectivity index (χ1v) is 8.24. The molecule has 1 heterocycles. The Morgan fingerprint density at radius 1 is 0.800 bits per heavy atom. The Balaban J connectivity index is 1.85. The van der Waals surface area contributed by atoms with E-state index in [0.29, 0.717) is 0 Å². The second kappa shape index (κ2) is 6.65. The van der Waals surface area contributed by atoms with E-state index in [1.54, 1.807) is 0 Å². The number of aryl methyl sites for hydroxylation is 1. The van der Waals surface area contributed by atoms with Gasteiger partial charge in [0.1, 0.15) is 11.3 Å². The third-order valence-electron chi connectivity index (χ3n) is 4.07. The van der Waals surface area contributed by atoms with Crippen molar-refractivity contribution in [2.45, 2.75) is 6.92 Å². The lowest BCUT2D eigenvalue weighted by atomic mass is 10.1. The molecule has 0 saturated heterocycles. The van der Waals surface area contributed by atoms with Crippen LogP contribution in [0.2, 0.25) is 0 Å². The first kappa shape index (κ1) is 15.2. The molecule has 4 aromatic rings. The Morgan fingerprint density at radius 2 is 1.52 bits per heavy atom. The van der Waals surface area contributed by atoms with Crippen LogP contribution in [0.25, 0.3) is 22.3 Å². The van der Waals surface area contributed by atoms with Crippen molar-refractivity contribution in [3.8, 4) is 11.3 Å². The van der Waals surface area contributed by atoms with Crippen molar-refractivity contribution < 1.29 is 4.42 Å². The SMILES string of the molecule is Cc1ccc(-c2c/c(=N\Nc3ccccc3)c3ccccc3o2)cc1. The number of hydrogen-bond donors (Lipinski definition) is 1. The average molecular weight is 326 g/mol. The van der Waals surface area contributed by atoms with Crippen molar-refractivity contribution in [1.82, 2.24) is 0 Å². The number of anilines is 1. The molecule has 0 atom stereocenters. The highest BCUT2D eigenvalue weighted by atomic mass is 16.3. The lowest BCUT2D eigenvalue weighted by Crippen LogP contribution is -2.07. The van der Waals surface area contributed by atoms with Crippen LogP contribution >= 0.6 is 0 Å². The first-order chi connectivity index (χ1) is 12.3. The average Bonchev–Trinajstić information content (AvgIpc) is 2.67. The van der Waals surface area contributed by atoms with Gasteiger partial charge in [-0.05, 0) is 31.2 Å². The van der Waals surface area contributed by atoms with Gasteiger partial charge in [-0.3, -0.25) is 5.43 Å². The van der Waals surface area contributed by atoms with E-state index in [4.69, 9.17) is 4.42 Å². The van der Waals surface area contributed by atoms with E-state index < -0.39 is 0 Å². The molecule has 0 spiro atoms. The van der Waals surface area contributed by atoms with E-state index in [1.807, 2.05) is 60.7 Å². The maximum absolute atomic E-state index is 6.09. The standard InChI is InChI=1S/C22H18N2O/c1-16-11-13-17(14-12-16)22-15-20(19-9-5-6-10-21(19)25-22)24-23-18-7-3-2-4-8-18/h2-15,23H,1H3/b24-20+. The third kappa shape index (κ3) is 3.31. The highest BCUT2D eigenvalue weighted by Gasteiger charge is 2.05. The molecule has 0 aliphatic carbocycles. The van der Waals surface area contributed by atoms with Gasteiger partial charge >= 0.3 is 0 Å². The van der Waals surface area contributed by atoms with Crippen molar-refractivity contribution in [3.05, 3.63) is 95.8 Å². The van der Waals surface area contributed by atoms with Crippen LogP contribution in [0.3, 0.4) is 0 Å². The summed E-state index contributed by atoms with van der Waals surface area (Å²) < 4.78 is 6.09. The predicted octanol–water partition coefficient (Wildman–Crippen LogP) is 5.34. The van der Waals surface area contributed by atoms with Crippen LogP contribution in [0.1, 0.15) is 5.56 Å². The zero-order valence-electron chi connectivity index (χ0n) is 13.9. The monoisotopic (exact) mass is 326 g/mol. The Hall–Kier alpha value is -3.33. The number of rotatable bonds is 3. The van der Waals surface area contributed by atoms with Gasteiger partial charge < -0.3 is 4.42 Å². The third-order valence-corrected chi connectivity index (χ3v) is 4.07. The fraction of sp³-hybridized carbons (Fsp3) is 0.0455. The summed E-state index contributed by atoms with van der Waals surface area (Å²) in [6.07, 6.45) is 0. The van der Waals surface area contributed by atoms with Crippen LogP contribution in [0.15, 0.2) is 94.4 Å². The number of nitrogens with zero attached hydrogens (tertiary/aromatic N) is 1. The molecule has 122 valence electrons. The summed E-state index contributed by atoms with van der Waals surface area (Å²) >= 11 is 0. The molecule has 0 aliphatic rings. The molecular formula is C22H18N2O. The largest absolute Gasteiger partial charge is 0.456 e. The van der Waals surface area contributed by atoms with Crippen LogP contribution in [-0.4, -0.2) is 0 Å². The summed E-state index contributed by atoms with van der Waals surface area (Å²) in [5.74, 6) is 0.798. The van der Waals surface area contributed by atoms with E-state index >= 15 is 0 Å². The summed E-state index contributed by atoms with van der Waals surface area (Å²) in [6.45, 7) is 2.08. The Bertz CT molecular complexity index is 1060. The number of nitrogens with one attached hydrogen (secondary N) is 1. The summed E-state index contributed by atoms with van der Waals surface area (Å²) in [5, 5.41) is 6.42. The quantitative estimate of drug-likeness (QED) is 0.516. The maximum Gasteiger partial charge on any atom is 0.136 e. The zero-order chi connectivity index (χ0) is 17.1. The smallest absolute Gasteiger partial charge is 0.136 e. The van der Waals surface area contributed by atoms with Crippen LogP contribution < -0.4 is 10.8 Å². The van der Waals surface area contributed by atoms with Gasteiger partial charge in [0, 0.05) is 17.0 Å². The normalized spacial score (nSPS) is 11.6. The van der Waals surface area contributed by atoms with E-state index in [9.17, 15) is 0 Å². The number of hydrogen-bond acceptors (Lipinski definition) is 3. The van der Waals surface area contributed by atoms with Gasteiger partial charge in [0.05, 0.1) is 11.0 Å². The molecule has 0 aliphatic heterocycles. The molecule has 3 heteroatoms. The van der Waals surface area contributed by atoms with E-state index in [2.05, 4.69) is 41.7 Å². The van der Waals surface area contributed by atoms with Gasteiger partial charge in [0.15, 0.2) is 0 Å². The van der Waals surface area contributed by atoms with Crippen molar-refractivity contribution >= 4 is 16.7 Å². The number of fused-ring (bicyclic) bond motifs is 1. The van der Waals surface area contributed by atoms with Gasteiger partial charge in [0.2, 0.25) is 0 Å². The molecule has 3 nitrogen and oxygen atoms in total. The van der Waals surface area contributed by atoms with Gasteiger partial charge in [-0.25, -0.2) is 0 Å². The summed E-state index contributed by atoms with van der Waals surface area (Å²) in [4.78, 5) is 0. The number of para-hydroxylation sites is 2. The molecule has 0 bridgehead atoms. The van der Waals surface area contributed by atoms with Crippen LogP contribution in [-0.2, 0) is 0 Å². The lowest BCUT2D eigenvalue weighted by molar-refractivity contribution is 0.618. The molecule has 1 N–H and O–H groups in total. The van der Waals surface area contributed by atoms with Crippen LogP contribution in [0, 0.1) is 6.92 Å². The molecule has 1 aromatic heterocycles. The Labute approximate surface area is 146 Å². The minimum absolute atomic E-state index is 0.798. The summed E-state index contributed by atoms with van der Waals surface area (Å²) in [6, 6.07) is 28.1. The van der Waals surface area contributed by atoms with Gasteiger partial charge in [-0.1, -0.05) is 60.2 Å². The van der Waals surface area contributed by atoms with E-state index in [0.717, 1.165) is 33.3 Å². The summed E-state index contributed by atoms with van der Waals surface area (Å²) in [5.41, 5.74) is 7.14. The van der Waals surface area contributed by atoms with Gasteiger partial charge in [0.25, 0.3) is 0 Å². The minimum atomic E-state index is 0.798. The number of benzene rings is 3. The van der Waals surface area contributed by atoms with Crippen LogP contribution in [0.5, 0.6) is 0 Å². The molecule has 0 amide bonds. The first-order valence-electron chi connectivity index (χ1n) is 8.24. The van der Waals surface area contributed by atoms with Crippen molar-refractivity contribution in [2.24, 2.45) is 5.10 Å². The Kier molecular flexibility index (Phi) is 4.05. The highest BCUT2D eigenvalue weighted by Crippen LogP contribution is 2.22. The minimum Gasteiger partial charge on any atom is -0.456 e. The van der Waals surface area contributed by atoms with Crippen LogP contribution in [0.4, 0.5) is 5.69 Å². The van der Waals surface area contributed by atoms with Crippen molar-refractivity contribution in [1.29, 1.82) is 0 Å². The summed E-state index contributed by atoms with van der Waals surface area (Å²) in [7, 11) is 0. The fourth-order valence-electron chi connectivity index (χ4n) is 2.71. The van der Waals surface area contributed by atoms with Crippen molar-refractivity contribution in [2.75, 3.05) is 5.43 Å². The molecule has 25 heavy (non-hydrogen) atoms. The highest BCUT2D eigenvalue weighted by molar-refractivity contribution is 5.78. The molecule has 4 rings (SSSR count). The predicted molar refractivity (Wildman–Crippen MR) is 102 cm³/mol. The fourth-order valence-corrected chi connectivity index (χ4v) is 2.71. The molecular weight excluding hydrogens is 308 g/mol.